The molecular formula is C14H21N3O3. The molecule has 0 spiro atoms. The highest BCUT2D eigenvalue weighted by Gasteiger charge is 2.45. The van der Waals surface area contributed by atoms with Crippen molar-refractivity contribution in [1.82, 2.24) is 4.90 Å². The molecule has 20 heavy (non-hydrogen) atoms. The number of nitriles is 1. The van der Waals surface area contributed by atoms with E-state index in [0.717, 1.165) is 25.7 Å². The van der Waals surface area contributed by atoms with E-state index >= 15 is 0 Å². The van der Waals surface area contributed by atoms with Crippen LogP contribution < -0.4 is 5.73 Å². The van der Waals surface area contributed by atoms with Crippen molar-refractivity contribution in [3.63, 3.8) is 0 Å². The fourth-order valence-electron chi connectivity index (χ4n) is 3.12. The largest absolute Gasteiger partial charge is 0.381 e. The molecule has 1 heterocycles. The van der Waals surface area contributed by atoms with E-state index in [0.29, 0.717) is 26.1 Å². The summed E-state index contributed by atoms with van der Waals surface area (Å²) in [5, 5.41) is 9.47. The minimum absolute atomic E-state index is 0.0445. The van der Waals surface area contributed by atoms with Gasteiger partial charge in [0.15, 0.2) is 0 Å². The smallest absolute Gasteiger partial charge is 0.243 e. The van der Waals surface area contributed by atoms with Crippen molar-refractivity contribution in [2.45, 2.75) is 44.6 Å². The van der Waals surface area contributed by atoms with Crippen LogP contribution in [0.4, 0.5) is 0 Å². The van der Waals surface area contributed by atoms with Crippen LogP contribution in [-0.2, 0) is 14.3 Å². The Hall–Kier alpha value is -1.61. The monoisotopic (exact) mass is 279 g/mol. The zero-order valence-electron chi connectivity index (χ0n) is 11.6. The topological polar surface area (TPSA) is 96.4 Å². The van der Waals surface area contributed by atoms with Crippen molar-refractivity contribution in [3.05, 3.63) is 0 Å². The van der Waals surface area contributed by atoms with Gasteiger partial charge in [0.1, 0.15) is 5.41 Å². The van der Waals surface area contributed by atoms with E-state index in [4.69, 9.17) is 10.5 Å². The number of hydrogen-bond acceptors (Lipinski definition) is 4. The molecule has 0 bridgehead atoms. The Bertz CT molecular complexity index is 418. The van der Waals surface area contributed by atoms with Crippen molar-refractivity contribution in [2.24, 2.45) is 11.1 Å². The van der Waals surface area contributed by atoms with Crippen LogP contribution in [0.25, 0.3) is 0 Å². The van der Waals surface area contributed by atoms with Crippen LogP contribution in [0.15, 0.2) is 0 Å². The number of primary amides is 1. The van der Waals surface area contributed by atoms with Crippen molar-refractivity contribution in [1.29, 1.82) is 5.26 Å². The fraction of sp³-hybridized carbons (Fsp3) is 0.786. The van der Waals surface area contributed by atoms with Gasteiger partial charge in [-0.05, 0) is 25.7 Å². The van der Waals surface area contributed by atoms with Crippen LogP contribution in [0.3, 0.4) is 0 Å². The molecule has 0 radical (unpaired) electrons. The van der Waals surface area contributed by atoms with E-state index in [1.807, 2.05) is 0 Å². The molecule has 110 valence electrons. The highest BCUT2D eigenvalue weighted by atomic mass is 16.5. The molecular weight excluding hydrogens is 258 g/mol. The Balaban J connectivity index is 2.19. The number of nitrogens with two attached hydrogens (primary N) is 1. The Kier molecular flexibility index (Phi) is 4.61. The zero-order chi connectivity index (χ0) is 14.6. The van der Waals surface area contributed by atoms with Gasteiger partial charge < -0.3 is 15.4 Å². The second kappa shape index (κ2) is 6.23. The Morgan fingerprint density at radius 2 is 1.90 bits per heavy atom. The summed E-state index contributed by atoms with van der Waals surface area (Å²) >= 11 is 0. The molecule has 2 amide bonds. The van der Waals surface area contributed by atoms with Gasteiger partial charge in [0, 0.05) is 19.3 Å². The standard InChI is InChI=1S/C14H21N3O3/c15-10-14(5-7-20-8-6-14)13(19)17(9-12(16)18)11-3-1-2-4-11/h11H,1-9H2,(H2,16,18). The quantitative estimate of drug-likeness (QED) is 0.813. The minimum Gasteiger partial charge on any atom is -0.381 e. The lowest BCUT2D eigenvalue weighted by atomic mass is 9.80. The molecule has 0 aromatic rings. The van der Waals surface area contributed by atoms with Crippen molar-refractivity contribution in [2.75, 3.05) is 19.8 Å². The highest BCUT2D eigenvalue weighted by Crippen LogP contribution is 2.34. The molecule has 2 aliphatic rings. The predicted octanol–water partition coefficient (Wildman–Crippen LogP) is 0.563. The Labute approximate surface area is 118 Å². The van der Waals surface area contributed by atoms with Crippen molar-refractivity contribution >= 4 is 11.8 Å². The van der Waals surface area contributed by atoms with E-state index in [1.54, 1.807) is 4.90 Å². The Morgan fingerprint density at radius 3 is 2.40 bits per heavy atom. The maximum Gasteiger partial charge on any atom is 0.243 e. The van der Waals surface area contributed by atoms with E-state index in [2.05, 4.69) is 6.07 Å². The summed E-state index contributed by atoms with van der Waals surface area (Å²) in [6.45, 7) is 0.733. The third-order valence-corrected chi connectivity index (χ3v) is 4.32. The summed E-state index contributed by atoms with van der Waals surface area (Å²) in [5.41, 5.74) is 4.23. The lowest BCUT2D eigenvalue weighted by Gasteiger charge is -2.37. The van der Waals surface area contributed by atoms with Crippen LogP contribution in [0.5, 0.6) is 0 Å². The molecule has 0 aromatic carbocycles. The first kappa shape index (κ1) is 14.8. The summed E-state index contributed by atoms with van der Waals surface area (Å²) in [4.78, 5) is 25.6. The van der Waals surface area contributed by atoms with Gasteiger partial charge in [0.25, 0.3) is 0 Å². The maximum absolute atomic E-state index is 12.8. The van der Waals surface area contributed by atoms with E-state index < -0.39 is 11.3 Å². The number of hydrogen-bond donors (Lipinski definition) is 1. The highest BCUT2D eigenvalue weighted by molar-refractivity contribution is 5.89. The molecule has 6 heteroatoms. The van der Waals surface area contributed by atoms with Gasteiger partial charge in [0.2, 0.25) is 11.8 Å². The molecule has 2 rings (SSSR count). The van der Waals surface area contributed by atoms with Gasteiger partial charge in [0.05, 0.1) is 12.6 Å². The van der Waals surface area contributed by atoms with Crippen molar-refractivity contribution in [3.8, 4) is 6.07 Å². The first-order chi connectivity index (χ1) is 9.59. The molecule has 6 nitrogen and oxygen atoms in total. The minimum atomic E-state index is -1.05. The summed E-state index contributed by atoms with van der Waals surface area (Å²) in [6.07, 6.45) is 4.66. The number of amides is 2. The number of carbonyl (C=O) groups excluding carboxylic acids is 2. The van der Waals surface area contributed by atoms with Crippen LogP contribution in [-0.4, -0.2) is 42.5 Å². The van der Waals surface area contributed by atoms with Crippen LogP contribution in [0.2, 0.25) is 0 Å². The summed E-state index contributed by atoms with van der Waals surface area (Å²) in [7, 11) is 0. The molecule has 1 aliphatic carbocycles. The second-order valence-corrected chi connectivity index (χ2v) is 5.64. The van der Waals surface area contributed by atoms with E-state index in [-0.39, 0.29) is 18.5 Å². The van der Waals surface area contributed by atoms with Gasteiger partial charge in [-0.15, -0.1) is 0 Å². The molecule has 1 saturated heterocycles. The molecule has 2 fully saturated rings. The maximum atomic E-state index is 12.8. The van der Waals surface area contributed by atoms with E-state index in [1.165, 1.54) is 0 Å². The van der Waals surface area contributed by atoms with E-state index in [9.17, 15) is 14.9 Å². The van der Waals surface area contributed by atoms with Gasteiger partial charge >= 0.3 is 0 Å². The number of rotatable bonds is 4. The molecule has 1 aliphatic heterocycles. The van der Waals surface area contributed by atoms with Crippen molar-refractivity contribution < 1.29 is 14.3 Å². The van der Waals surface area contributed by atoms with Gasteiger partial charge in [-0.1, -0.05) is 12.8 Å². The SMILES string of the molecule is N#CC1(C(=O)N(CC(N)=O)C2CCCC2)CCOCC1. The van der Waals surface area contributed by atoms with Gasteiger partial charge in [-0.3, -0.25) is 9.59 Å². The van der Waals surface area contributed by atoms with Gasteiger partial charge in [-0.25, -0.2) is 0 Å². The number of nitrogens with zero attached hydrogens (tertiary/aromatic N) is 2. The van der Waals surface area contributed by atoms with Gasteiger partial charge in [-0.2, -0.15) is 5.26 Å². The lowest BCUT2D eigenvalue weighted by molar-refractivity contribution is -0.148. The summed E-state index contributed by atoms with van der Waals surface area (Å²) < 4.78 is 5.25. The fourth-order valence-corrected chi connectivity index (χ4v) is 3.12. The van der Waals surface area contributed by atoms with Crippen LogP contribution in [0.1, 0.15) is 38.5 Å². The second-order valence-electron chi connectivity index (χ2n) is 5.64. The van der Waals surface area contributed by atoms with Crippen LogP contribution >= 0.6 is 0 Å². The lowest BCUT2D eigenvalue weighted by Crippen LogP contribution is -2.52. The molecule has 0 unspecified atom stereocenters. The molecule has 0 aromatic heterocycles. The first-order valence-electron chi connectivity index (χ1n) is 7.17. The zero-order valence-corrected chi connectivity index (χ0v) is 11.6. The summed E-state index contributed by atoms with van der Waals surface area (Å²) in [6, 6.07) is 2.22. The third kappa shape index (κ3) is 2.93. The Morgan fingerprint density at radius 1 is 1.30 bits per heavy atom. The normalized spacial score (nSPS) is 22.1. The first-order valence-corrected chi connectivity index (χ1v) is 7.17. The van der Waals surface area contributed by atoms with Crippen LogP contribution in [0, 0.1) is 16.7 Å². The summed E-state index contributed by atoms with van der Waals surface area (Å²) in [5.74, 6) is -0.764. The number of ether oxygens (including phenoxy) is 1. The number of carbonyl (C=O) groups is 2. The molecule has 2 N–H and O–H groups in total. The molecule has 1 saturated carbocycles. The average Bonchev–Trinajstić information content (AvgIpc) is 2.98. The third-order valence-electron chi connectivity index (χ3n) is 4.32. The average molecular weight is 279 g/mol. The predicted molar refractivity (Wildman–Crippen MR) is 71.3 cm³/mol. The molecule has 0 atom stereocenters.